The van der Waals surface area contributed by atoms with Gasteiger partial charge in [0.25, 0.3) is 0 Å². The third-order valence-corrected chi connectivity index (χ3v) is 6.32. The molecule has 4 rings (SSSR count). The Balaban J connectivity index is 1.15. The summed E-state index contributed by atoms with van der Waals surface area (Å²) in [5.41, 5.74) is 0.711. The van der Waals surface area contributed by atoms with Crippen LogP contribution in [0.1, 0.15) is 42.7 Å². The number of carbonyl (C=O) groups is 2. The Morgan fingerprint density at radius 1 is 1.03 bits per heavy atom. The van der Waals surface area contributed by atoms with Gasteiger partial charge in [-0.05, 0) is 29.4 Å². The first-order valence-electron chi connectivity index (χ1n) is 11.0. The van der Waals surface area contributed by atoms with Crippen molar-refractivity contribution in [2.75, 3.05) is 19.6 Å². The van der Waals surface area contributed by atoms with Gasteiger partial charge in [-0.2, -0.15) is 0 Å². The minimum atomic E-state index is -1.48. The number of nitrogens with one attached hydrogen (secondary N) is 1. The van der Waals surface area contributed by atoms with E-state index in [0.29, 0.717) is 31.3 Å². The Kier molecular flexibility index (Phi) is 6.54. The fourth-order valence-corrected chi connectivity index (χ4v) is 4.23. The number of rotatable bonds is 7. The second kappa shape index (κ2) is 9.50. The SMILES string of the molecule is O=C(C[C@@H]1C[C@H]1c1ccccc1)NCC1(F)CCN(C(=O)OCc2ccccc2)CC1. The average Bonchev–Trinajstić information content (AvgIpc) is 3.57. The quantitative estimate of drug-likeness (QED) is 0.715. The molecule has 6 heteroatoms. The van der Waals surface area contributed by atoms with E-state index in [4.69, 9.17) is 4.74 Å². The highest BCUT2D eigenvalue weighted by Gasteiger charge is 2.40. The van der Waals surface area contributed by atoms with Crippen LogP contribution >= 0.6 is 0 Å². The van der Waals surface area contributed by atoms with Crippen LogP contribution in [0, 0.1) is 5.92 Å². The fraction of sp³-hybridized carbons (Fsp3) is 0.440. The summed E-state index contributed by atoms with van der Waals surface area (Å²) in [5.74, 6) is 0.695. The lowest BCUT2D eigenvalue weighted by molar-refractivity contribution is -0.122. The van der Waals surface area contributed by atoms with E-state index in [1.807, 2.05) is 48.5 Å². The molecule has 164 valence electrons. The summed E-state index contributed by atoms with van der Waals surface area (Å²) >= 11 is 0. The zero-order valence-corrected chi connectivity index (χ0v) is 17.6. The van der Waals surface area contributed by atoms with Crippen LogP contribution in [0.5, 0.6) is 0 Å². The zero-order chi connectivity index (χ0) is 21.7. The number of nitrogens with zero attached hydrogens (tertiary/aromatic N) is 1. The van der Waals surface area contributed by atoms with E-state index in [1.54, 1.807) is 0 Å². The molecule has 1 aliphatic carbocycles. The molecular formula is C25H29FN2O3. The van der Waals surface area contributed by atoms with Crippen molar-refractivity contribution in [2.24, 2.45) is 5.92 Å². The Labute approximate surface area is 182 Å². The maximum absolute atomic E-state index is 15.1. The summed E-state index contributed by atoms with van der Waals surface area (Å²) in [5, 5.41) is 2.78. The molecule has 0 aromatic heterocycles. The molecule has 31 heavy (non-hydrogen) atoms. The third kappa shape index (κ3) is 5.84. The Morgan fingerprint density at radius 3 is 2.35 bits per heavy atom. The fourth-order valence-electron chi connectivity index (χ4n) is 4.23. The number of piperidine rings is 1. The first-order valence-corrected chi connectivity index (χ1v) is 11.0. The Morgan fingerprint density at radius 2 is 1.68 bits per heavy atom. The standard InChI is InChI=1S/C25H29FN2O3/c26-25(18-27-23(29)16-21-15-22(21)20-9-5-2-6-10-20)11-13-28(14-12-25)24(30)31-17-19-7-3-1-4-8-19/h1-10,21-22H,11-18H2,(H,27,29)/t21-,22-/m0/s1. The lowest BCUT2D eigenvalue weighted by Crippen LogP contribution is -2.49. The van der Waals surface area contributed by atoms with Crippen LogP contribution in [-0.2, 0) is 16.1 Å². The van der Waals surface area contributed by atoms with Gasteiger partial charge in [0.15, 0.2) is 0 Å². The summed E-state index contributed by atoms with van der Waals surface area (Å²) in [4.78, 5) is 26.1. The number of benzene rings is 2. The number of ether oxygens (including phenoxy) is 1. The molecule has 1 saturated carbocycles. The average molecular weight is 425 g/mol. The lowest BCUT2D eigenvalue weighted by atomic mass is 9.93. The van der Waals surface area contributed by atoms with Crippen LogP contribution in [0.2, 0.25) is 0 Å². The highest BCUT2D eigenvalue weighted by molar-refractivity contribution is 5.76. The van der Waals surface area contributed by atoms with Crippen LogP contribution in [0.4, 0.5) is 9.18 Å². The second-order valence-electron chi connectivity index (χ2n) is 8.67. The molecular weight excluding hydrogens is 395 g/mol. The van der Waals surface area contributed by atoms with Crippen LogP contribution in [0.3, 0.4) is 0 Å². The molecule has 2 aliphatic rings. The smallest absolute Gasteiger partial charge is 0.410 e. The van der Waals surface area contributed by atoms with Crippen molar-refractivity contribution in [3.8, 4) is 0 Å². The van der Waals surface area contributed by atoms with Gasteiger partial charge in [-0.25, -0.2) is 9.18 Å². The number of hydrogen-bond donors (Lipinski definition) is 1. The minimum Gasteiger partial charge on any atom is -0.445 e. The van der Waals surface area contributed by atoms with Crippen molar-refractivity contribution < 1.29 is 18.7 Å². The molecule has 1 saturated heterocycles. The number of alkyl halides is 1. The van der Waals surface area contributed by atoms with Crippen LogP contribution in [0.15, 0.2) is 60.7 Å². The van der Waals surface area contributed by atoms with E-state index in [1.165, 1.54) is 10.5 Å². The summed E-state index contributed by atoms with van der Waals surface area (Å²) in [6, 6.07) is 19.7. The van der Waals surface area contributed by atoms with Gasteiger partial charge in [0, 0.05) is 32.4 Å². The predicted octanol–water partition coefficient (Wildman–Crippen LogP) is 4.44. The summed E-state index contributed by atoms with van der Waals surface area (Å²) < 4.78 is 20.4. The van der Waals surface area contributed by atoms with Crippen molar-refractivity contribution in [3.63, 3.8) is 0 Å². The number of amides is 2. The van der Waals surface area contributed by atoms with Crippen molar-refractivity contribution in [3.05, 3.63) is 71.8 Å². The number of likely N-dealkylation sites (tertiary alicyclic amines) is 1. The van der Waals surface area contributed by atoms with E-state index in [0.717, 1.165) is 12.0 Å². The summed E-state index contributed by atoms with van der Waals surface area (Å²) in [6.45, 7) is 0.789. The molecule has 2 atom stereocenters. The van der Waals surface area contributed by atoms with Gasteiger partial charge in [0.05, 0.1) is 6.54 Å². The normalized spacial score (nSPS) is 21.9. The van der Waals surface area contributed by atoms with E-state index in [2.05, 4.69) is 17.4 Å². The van der Waals surface area contributed by atoms with Crippen LogP contribution < -0.4 is 5.32 Å². The monoisotopic (exact) mass is 424 g/mol. The number of carbonyl (C=O) groups excluding carboxylic acids is 2. The van der Waals surface area contributed by atoms with E-state index in [9.17, 15) is 9.59 Å². The molecule has 2 aromatic carbocycles. The second-order valence-corrected chi connectivity index (χ2v) is 8.67. The molecule has 0 spiro atoms. The van der Waals surface area contributed by atoms with Gasteiger partial charge in [0.1, 0.15) is 12.3 Å². The van der Waals surface area contributed by atoms with Gasteiger partial charge in [-0.15, -0.1) is 0 Å². The third-order valence-electron chi connectivity index (χ3n) is 6.32. The topological polar surface area (TPSA) is 58.6 Å². The van der Waals surface area contributed by atoms with Gasteiger partial charge in [-0.3, -0.25) is 4.79 Å². The molecule has 1 heterocycles. The Bertz CT molecular complexity index is 882. The van der Waals surface area contributed by atoms with Gasteiger partial charge in [0.2, 0.25) is 5.91 Å². The van der Waals surface area contributed by atoms with Gasteiger partial charge < -0.3 is 15.0 Å². The molecule has 2 fully saturated rings. The maximum atomic E-state index is 15.1. The highest BCUT2D eigenvalue weighted by atomic mass is 19.1. The Hall–Kier alpha value is -2.89. The molecule has 1 N–H and O–H groups in total. The van der Waals surface area contributed by atoms with Crippen molar-refractivity contribution in [1.29, 1.82) is 0 Å². The lowest BCUT2D eigenvalue weighted by Gasteiger charge is -2.35. The van der Waals surface area contributed by atoms with Crippen molar-refractivity contribution in [2.45, 2.75) is 43.9 Å². The van der Waals surface area contributed by atoms with Gasteiger partial charge >= 0.3 is 6.09 Å². The van der Waals surface area contributed by atoms with E-state index in [-0.39, 0.29) is 31.9 Å². The molecule has 0 unspecified atom stereocenters. The molecule has 1 aliphatic heterocycles. The van der Waals surface area contributed by atoms with Crippen molar-refractivity contribution in [1.82, 2.24) is 10.2 Å². The molecule has 0 radical (unpaired) electrons. The summed E-state index contributed by atoms with van der Waals surface area (Å²) in [6.07, 6.45) is 1.43. The number of hydrogen-bond acceptors (Lipinski definition) is 3. The van der Waals surface area contributed by atoms with Crippen molar-refractivity contribution >= 4 is 12.0 Å². The molecule has 5 nitrogen and oxygen atoms in total. The van der Waals surface area contributed by atoms with Crippen LogP contribution in [0.25, 0.3) is 0 Å². The predicted molar refractivity (Wildman–Crippen MR) is 116 cm³/mol. The van der Waals surface area contributed by atoms with E-state index >= 15 is 4.39 Å². The first kappa shape index (κ1) is 21.3. The molecule has 2 amide bonds. The maximum Gasteiger partial charge on any atom is 0.410 e. The highest BCUT2D eigenvalue weighted by Crippen LogP contribution is 2.49. The minimum absolute atomic E-state index is 0.00145. The summed E-state index contributed by atoms with van der Waals surface area (Å²) in [7, 11) is 0. The largest absolute Gasteiger partial charge is 0.445 e. The molecule has 2 aromatic rings. The first-order chi connectivity index (χ1) is 15.0. The van der Waals surface area contributed by atoms with Gasteiger partial charge in [-0.1, -0.05) is 60.7 Å². The van der Waals surface area contributed by atoms with Crippen LogP contribution in [-0.4, -0.2) is 42.2 Å². The zero-order valence-electron chi connectivity index (χ0n) is 17.6. The van der Waals surface area contributed by atoms with E-state index < -0.39 is 11.8 Å². The molecule has 0 bridgehead atoms. The number of halogens is 1.